The van der Waals surface area contributed by atoms with Gasteiger partial charge in [0, 0.05) is 10.8 Å². The first-order chi connectivity index (χ1) is 18.5. The van der Waals surface area contributed by atoms with E-state index in [4.69, 9.17) is 4.42 Å². The Morgan fingerprint density at radius 3 is 2.46 bits per heavy atom. The van der Waals surface area contributed by atoms with E-state index < -0.39 is 29.7 Å². The number of fused-ring (bicyclic) bond motifs is 3. The van der Waals surface area contributed by atoms with E-state index in [-0.39, 0.29) is 17.9 Å². The van der Waals surface area contributed by atoms with E-state index in [1.807, 2.05) is 19.9 Å². The van der Waals surface area contributed by atoms with Crippen LogP contribution in [0.15, 0.2) is 40.8 Å². The Morgan fingerprint density at radius 1 is 1.13 bits per heavy atom. The second kappa shape index (κ2) is 10.5. The lowest BCUT2D eigenvalue weighted by atomic mass is 9.89. The third-order valence-corrected chi connectivity index (χ3v) is 8.09. The van der Waals surface area contributed by atoms with E-state index in [9.17, 15) is 23.2 Å². The number of likely N-dealkylation sites (tertiary alicyclic amines) is 1. The highest BCUT2D eigenvalue weighted by atomic mass is 19.4. The molecule has 1 aliphatic carbocycles. The minimum atomic E-state index is -4.65. The smallest absolute Gasteiger partial charge is 0.407 e. The molecule has 1 saturated carbocycles. The van der Waals surface area contributed by atoms with Gasteiger partial charge in [0.2, 0.25) is 5.91 Å². The minimum absolute atomic E-state index is 0.0208. The molecule has 3 aromatic rings. The van der Waals surface area contributed by atoms with Crippen LogP contribution in [-0.4, -0.2) is 48.7 Å². The molecule has 2 unspecified atom stereocenters. The lowest BCUT2D eigenvalue weighted by molar-refractivity contribution is -0.161. The number of benzene rings is 2. The summed E-state index contributed by atoms with van der Waals surface area (Å²) in [5, 5.41) is 16.2. The van der Waals surface area contributed by atoms with Gasteiger partial charge < -0.3 is 14.6 Å². The number of hydrogen-bond acceptors (Lipinski definition) is 5. The molecule has 9 heteroatoms. The molecule has 2 aromatic carbocycles. The van der Waals surface area contributed by atoms with E-state index >= 15 is 0 Å². The van der Waals surface area contributed by atoms with Crippen molar-refractivity contribution >= 4 is 27.8 Å². The van der Waals surface area contributed by atoms with Crippen LogP contribution in [0.3, 0.4) is 0 Å². The first-order valence-corrected chi connectivity index (χ1v) is 13.7. The van der Waals surface area contributed by atoms with Gasteiger partial charge in [-0.2, -0.15) is 18.4 Å². The molecule has 2 atom stereocenters. The lowest BCUT2D eigenvalue weighted by Crippen LogP contribution is -2.52. The molecule has 1 saturated heterocycles. The van der Waals surface area contributed by atoms with Crippen LogP contribution in [0, 0.1) is 17.2 Å². The van der Waals surface area contributed by atoms with Crippen LogP contribution < -0.4 is 10.6 Å². The van der Waals surface area contributed by atoms with Gasteiger partial charge >= 0.3 is 6.18 Å². The fourth-order valence-electron chi connectivity index (χ4n) is 5.60. The summed E-state index contributed by atoms with van der Waals surface area (Å²) in [5.41, 5.74) is 1.27. The third kappa shape index (κ3) is 5.92. The van der Waals surface area contributed by atoms with Crippen molar-refractivity contribution in [3.63, 3.8) is 0 Å². The van der Waals surface area contributed by atoms with Crippen LogP contribution in [0.25, 0.3) is 21.9 Å². The summed E-state index contributed by atoms with van der Waals surface area (Å²) in [5.74, 6) is -0.160. The zero-order valence-electron chi connectivity index (χ0n) is 22.6. The number of nitrogens with zero attached hydrogens (tertiary/aromatic N) is 2. The standard InChI is InChI=1S/C30H35F3N4O2/c1-18(2)14-24(28(38)36-29(17-34)10-11-29)35-27(30(31,32)33)21-4-6-22-23-15-20(19-8-12-37(3)13-9-19)5-7-25(23)39-26(22)16-21/h4-7,15-16,18-19,24,27,35H,8-14H2,1-3H3,(H,36,38). The highest BCUT2D eigenvalue weighted by Crippen LogP contribution is 2.39. The minimum Gasteiger partial charge on any atom is -0.456 e. The van der Waals surface area contributed by atoms with Crippen molar-refractivity contribution in [1.82, 2.24) is 15.5 Å². The number of nitriles is 1. The Kier molecular flexibility index (Phi) is 7.38. The summed E-state index contributed by atoms with van der Waals surface area (Å²) in [6.45, 7) is 5.78. The van der Waals surface area contributed by atoms with Crippen LogP contribution in [0.1, 0.15) is 69.0 Å². The molecular weight excluding hydrogens is 505 g/mol. The molecule has 39 heavy (non-hydrogen) atoms. The Bertz CT molecular complexity index is 1390. The Labute approximate surface area is 226 Å². The van der Waals surface area contributed by atoms with Crippen molar-refractivity contribution in [2.24, 2.45) is 5.92 Å². The number of piperidine rings is 1. The number of hydrogen-bond donors (Lipinski definition) is 2. The van der Waals surface area contributed by atoms with Gasteiger partial charge in [-0.05, 0) is 93.4 Å². The highest BCUT2D eigenvalue weighted by molar-refractivity contribution is 6.05. The van der Waals surface area contributed by atoms with Gasteiger partial charge in [-0.15, -0.1) is 0 Å². The summed E-state index contributed by atoms with van der Waals surface area (Å²) >= 11 is 0. The topological polar surface area (TPSA) is 81.3 Å². The van der Waals surface area contributed by atoms with Crippen molar-refractivity contribution in [2.75, 3.05) is 20.1 Å². The van der Waals surface area contributed by atoms with Crippen molar-refractivity contribution in [3.8, 4) is 6.07 Å². The molecule has 2 heterocycles. The van der Waals surface area contributed by atoms with Crippen LogP contribution in [-0.2, 0) is 4.79 Å². The van der Waals surface area contributed by atoms with Gasteiger partial charge in [0.25, 0.3) is 0 Å². The van der Waals surface area contributed by atoms with E-state index in [0.717, 1.165) is 36.7 Å². The lowest BCUT2D eigenvalue weighted by Gasteiger charge is -2.29. The number of carbonyl (C=O) groups is 1. The average Bonchev–Trinajstić information content (AvgIpc) is 3.56. The average molecular weight is 541 g/mol. The van der Waals surface area contributed by atoms with Gasteiger partial charge in [-0.25, -0.2) is 0 Å². The molecule has 2 aliphatic rings. The molecule has 0 radical (unpaired) electrons. The predicted molar refractivity (Wildman–Crippen MR) is 144 cm³/mol. The highest BCUT2D eigenvalue weighted by Gasteiger charge is 2.47. The van der Waals surface area contributed by atoms with E-state index in [2.05, 4.69) is 40.8 Å². The summed E-state index contributed by atoms with van der Waals surface area (Å²) in [6, 6.07) is 9.55. The Balaban J connectivity index is 1.44. The summed E-state index contributed by atoms with van der Waals surface area (Å²) in [4.78, 5) is 15.3. The first kappa shape index (κ1) is 27.5. The maximum atomic E-state index is 14.4. The zero-order valence-corrected chi connectivity index (χ0v) is 22.6. The molecule has 0 bridgehead atoms. The monoisotopic (exact) mass is 540 g/mol. The maximum absolute atomic E-state index is 14.4. The number of halogens is 3. The molecule has 5 rings (SSSR count). The van der Waals surface area contributed by atoms with Crippen LogP contribution in [0.4, 0.5) is 13.2 Å². The molecule has 1 aliphatic heterocycles. The summed E-state index contributed by atoms with van der Waals surface area (Å²) < 4.78 is 49.2. The van der Waals surface area contributed by atoms with E-state index in [1.165, 1.54) is 17.7 Å². The summed E-state index contributed by atoms with van der Waals surface area (Å²) in [7, 11) is 2.12. The molecule has 1 aromatic heterocycles. The normalized spacial score (nSPS) is 19.7. The van der Waals surface area contributed by atoms with Crippen LogP contribution in [0.2, 0.25) is 0 Å². The van der Waals surface area contributed by atoms with Crippen molar-refractivity contribution in [1.29, 1.82) is 5.26 Å². The number of nitrogens with one attached hydrogen (secondary N) is 2. The van der Waals surface area contributed by atoms with Gasteiger partial charge in [0.15, 0.2) is 0 Å². The maximum Gasteiger partial charge on any atom is 0.407 e. The quantitative estimate of drug-likeness (QED) is 0.357. The van der Waals surface area contributed by atoms with E-state index in [0.29, 0.717) is 29.9 Å². The number of carbonyl (C=O) groups excluding carboxylic acids is 1. The van der Waals surface area contributed by atoms with Gasteiger partial charge in [0.05, 0.1) is 12.1 Å². The number of amides is 1. The van der Waals surface area contributed by atoms with Crippen molar-refractivity contribution in [2.45, 2.75) is 75.7 Å². The second-order valence-electron chi connectivity index (χ2n) is 11.7. The van der Waals surface area contributed by atoms with Crippen molar-refractivity contribution < 1.29 is 22.4 Å². The van der Waals surface area contributed by atoms with Gasteiger partial charge in [0.1, 0.15) is 22.7 Å². The molecule has 2 fully saturated rings. The zero-order chi connectivity index (χ0) is 27.9. The molecule has 1 amide bonds. The largest absolute Gasteiger partial charge is 0.456 e. The molecular formula is C30H35F3N4O2. The van der Waals surface area contributed by atoms with Gasteiger partial charge in [-0.1, -0.05) is 32.0 Å². The molecule has 6 nitrogen and oxygen atoms in total. The van der Waals surface area contributed by atoms with Crippen LogP contribution >= 0.6 is 0 Å². The van der Waals surface area contributed by atoms with Gasteiger partial charge in [-0.3, -0.25) is 10.1 Å². The first-order valence-electron chi connectivity index (χ1n) is 13.7. The second-order valence-corrected chi connectivity index (χ2v) is 11.7. The van der Waals surface area contributed by atoms with E-state index in [1.54, 1.807) is 6.07 Å². The number of alkyl halides is 3. The third-order valence-electron chi connectivity index (χ3n) is 8.09. The Morgan fingerprint density at radius 2 is 1.85 bits per heavy atom. The predicted octanol–water partition coefficient (Wildman–Crippen LogP) is 6.18. The molecule has 2 N–H and O–H groups in total. The molecule has 208 valence electrons. The van der Waals surface area contributed by atoms with Crippen LogP contribution in [0.5, 0.6) is 0 Å². The SMILES string of the molecule is CC(C)CC(NC(c1ccc2c(c1)oc1ccc(C3CCN(C)CC3)cc12)C(F)(F)F)C(=O)NC1(C#N)CC1. The molecule has 0 spiro atoms. The number of rotatable bonds is 8. The fourth-order valence-corrected chi connectivity index (χ4v) is 5.60. The Hall–Kier alpha value is -3.09. The summed E-state index contributed by atoms with van der Waals surface area (Å²) in [6.07, 6.45) is -1.29. The van der Waals surface area contributed by atoms with Crippen molar-refractivity contribution in [3.05, 3.63) is 47.5 Å². The number of furan rings is 1. The fraction of sp³-hybridized carbons (Fsp3) is 0.533.